The van der Waals surface area contributed by atoms with Crippen molar-refractivity contribution in [1.29, 1.82) is 0 Å². The molecule has 5 nitrogen and oxygen atoms in total. The smallest absolute Gasteiger partial charge is 0.238 e. The highest BCUT2D eigenvalue weighted by Gasteiger charge is 2.14. The van der Waals surface area contributed by atoms with Crippen LogP contribution in [0.2, 0.25) is 5.02 Å². The maximum atomic E-state index is 12.4. The zero-order chi connectivity index (χ0) is 25.4. The van der Waals surface area contributed by atoms with E-state index in [4.69, 9.17) is 21.1 Å². The van der Waals surface area contributed by atoms with Gasteiger partial charge in [0.1, 0.15) is 6.61 Å². The van der Waals surface area contributed by atoms with Gasteiger partial charge in [-0.15, -0.1) is 0 Å². The molecular formula is C29H35ClN2O3. The van der Waals surface area contributed by atoms with E-state index in [0.717, 1.165) is 16.8 Å². The first-order valence-electron chi connectivity index (χ1n) is 11.9. The van der Waals surface area contributed by atoms with Gasteiger partial charge in [-0.2, -0.15) is 0 Å². The monoisotopic (exact) mass is 494 g/mol. The Bertz CT molecular complexity index is 1110. The Hall–Kier alpha value is -3.02. The summed E-state index contributed by atoms with van der Waals surface area (Å²) >= 11 is 5.90. The SMILES string of the molecule is CCOc1cc(CN(C)CC(=O)Nc2ccc(Cl)cc2)ccc1OCc1ccc(C(C)(C)C)cc1. The number of carbonyl (C=O) groups is 1. The van der Waals surface area contributed by atoms with Crippen LogP contribution in [0.25, 0.3) is 0 Å². The third-order valence-electron chi connectivity index (χ3n) is 5.52. The second-order valence-electron chi connectivity index (χ2n) is 9.68. The summed E-state index contributed by atoms with van der Waals surface area (Å²) in [5.41, 5.74) is 4.29. The molecule has 0 aliphatic carbocycles. The molecule has 1 amide bonds. The number of carbonyl (C=O) groups excluding carboxylic acids is 1. The van der Waals surface area contributed by atoms with Gasteiger partial charge in [0, 0.05) is 17.3 Å². The fourth-order valence-corrected chi connectivity index (χ4v) is 3.77. The number of nitrogens with one attached hydrogen (secondary N) is 1. The maximum Gasteiger partial charge on any atom is 0.238 e. The minimum Gasteiger partial charge on any atom is -0.490 e. The van der Waals surface area contributed by atoms with Gasteiger partial charge in [-0.25, -0.2) is 0 Å². The number of anilines is 1. The summed E-state index contributed by atoms with van der Waals surface area (Å²) in [6.07, 6.45) is 0. The second-order valence-corrected chi connectivity index (χ2v) is 10.1. The van der Waals surface area contributed by atoms with Crippen molar-refractivity contribution in [2.75, 3.05) is 25.5 Å². The lowest BCUT2D eigenvalue weighted by Gasteiger charge is -2.19. The molecule has 0 aliphatic heterocycles. The molecular weight excluding hydrogens is 460 g/mol. The van der Waals surface area contributed by atoms with Gasteiger partial charge in [-0.05, 0) is 72.5 Å². The topological polar surface area (TPSA) is 50.8 Å². The lowest BCUT2D eigenvalue weighted by atomic mass is 9.87. The number of rotatable bonds is 10. The van der Waals surface area contributed by atoms with E-state index in [-0.39, 0.29) is 17.9 Å². The number of nitrogens with zero attached hydrogens (tertiary/aromatic N) is 1. The van der Waals surface area contributed by atoms with Crippen LogP contribution in [-0.2, 0) is 23.4 Å². The number of hydrogen-bond acceptors (Lipinski definition) is 4. The number of likely N-dealkylation sites (N-methyl/N-ethyl adjacent to an activating group) is 1. The molecule has 0 fully saturated rings. The largest absolute Gasteiger partial charge is 0.490 e. The molecule has 3 aromatic carbocycles. The van der Waals surface area contributed by atoms with Crippen molar-refractivity contribution < 1.29 is 14.3 Å². The van der Waals surface area contributed by atoms with Crippen LogP contribution in [0.4, 0.5) is 5.69 Å². The van der Waals surface area contributed by atoms with Crippen LogP contribution in [0.3, 0.4) is 0 Å². The minimum absolute atomic E-state index is 0.0858. The standard InChI is InChI=1S/C29H35ClN2O3/c1-6-34-27-17-22(18-32(5)19-28(33)31-25-14-12-24(30)13-15-25)9-16-26(27)35-20-21-7-10-23(11-8-21)29(2,3)4/h7-17H,6,18-20H2,1-5H3,(H,31,33). The number of benzene rings is 3. The molecule has 0 radical (unpaired) electrons. The second kappa shape index (κ2) is 12.1. The van der Waals surface area contributed by atoms with Gasteiger partial charge in [-0.1, -0.05) is 62.7 Å². The molecule has 6 heteroatoms. The Morgan fingerprint density at radius 2 is 1.57 bits per heavy atom. The number of ether oxygens (including phenoxy) is 2. The lowest BCUT2D eigenvalue weighted by molar-refractivity contribution is -0.117. The van der Waals surface area contributed by atoms with Crippen LogP contribution in [-0.4, -0.2) is 31.0 Å². The number of hydrogen-bond donors (Lipinski definition) is 1. The third kappa shape index (κ3) is 8.30. The van der Waals surface area contributed by atoms with E-state index in [2.05, 4.69) is 50.4 Å². The molecule has 3 rings (SSSR count). The van der Waals surface area contributed by atoms with E-state index >= 15 is 0 Å². The summed E-state index contributed by atoms with van der Waals surface area (Å²) in [5, 5.41) is 3.52. The van der Waals surface area contributed by atoms with E-state index in [9.17, 15) is 4.79 Å². The molecule has 0 heterocycles. The van der Waals surface area contributed by atoms with E-state index in [0.29, 0.717) is 36.3 Å². The quantitative estimate of drug-likeness (QED) is 0.341. The predicted octanol–water partition coefficient (Wildman–Crippen LogP) is 6.69. The molecule has 0 atom stereocenters. The summed E-state index contributed by atoms with van der Waals surface area (Å²) in [6.45, 7) is 10.4. The Kier molecular flexibility index (Phi) is 9.19. The molecule has 0 unspecified atom stereocenters. The zero-order valence-electron chi connectivity index (χ0n) is 21.2. The summed E-state index contributed by atoms with van der Waals surface area (Å²) in [5.74, 6) is 1.33. The van der Waals surface area contributed by atoms with E-state index in [1.165, 1.54) is 5.56 Å². The van der Waals surface area contributed by atoms with Gasteiger partial charge in [0.25, 0.3) is 0 Å². The van der Waals surface area contributed by atoms with Crippen LogP contribution in [0.5, 0.6) is 11.5 Å². The summed E-state index contributed by atoms with van der Waals surface area (Å²) in [6, 6.07) is 21.5. The van der Waals surface area contributed by atoms with Gasteiger partial charge in [0.15, 0.2) is 11.5 Å². The molecule has 0 saturated carbocycles. The first-order valence-corrected chi connectivity index (χ1v) is 12.2. The molecule has 3 aromatic rings. The van der Waals surface area contributed by atoms with Crippen LogP contribution < -0.4 is 14.8 Å². The van der Waals surface area contributed by atoms with Gasteiger partial charge < -0.3 is 14.8 Å². The van der Waals surface area contributed by atoms with Gasteiger partial charge in [0.2, 0.25) is 5.91 Å². The molecule has 0 spiro atoms. The van der Waals surface area contributed by atoms with Crippen molar-refractivity contribution in [1.82, 2.24) is 4.90 Å². The Morgan fingerprint density at radius 3 is 2.20 bits per heavy atom. The first kappa shape index (κ1) is 26.6. The van der Waals surface area contributed by atoms with Crippen molar-refractivity contribution in [2.24, 2.45) is 0 Å². The molecule has 0 aromatic heterocycles. The maximum absolute atomic E-state index is 12.4. The van der Waals surface area contributed by atoms with E-state index in [1.807, 2.05) is 37.1 Å². The highest BCUT2D eigenvalue weighted by molar-refractivity contribution is 6.30. The van der Waals surface area contributed by atoms with Gasteiger partial charge in [0.05, 0.1) is 13.2 Å². The molecule has 1 N–H and O–H groups in total. The Morgan fingerprint density at radius 1 is 0.914 bits per heavy atom. The number of amides is 1. The molecule has 0 bridgehead atoms. The van der Waals surface area contributed by atoms with Gasteiger partial charge >= 0.3 is 0 Å². The number of halogens is 1. The van der Waals surface area contributed by atoms with Crippen LogP contribution in [0.1, 0.15) is 44.4 Å². The highest BCUT2D eigenvalue weighted by Crippen LogP contribution is 2.30. The molecule has 35 heavy (non-hydrogen) atoms. The Balaban J connectivity index is 1.58. The average Bonchev–Trinajstić information content (AvgIpc) is 2.80. The van der Waals surface area contributed by atoms with Crippen molar-refractivity contribution in [3.8, 4) is 11.5 Å². The summed E-state index contributed by atoms with van der Waals surface area (Å²) < 4.78 is 11.9. The van der Waals surface area contributed by atoms with E-state index < -0.39 is 0 Å². The van der Waals surface area contributed by atoms with Crippen LogP contribution >= 0.6 is 11.6 Å². The average molecular weight is 495 g/mol. The fourth-order valence-electron chi connectivity index (χ4n) is 3.65. The van der Waals surface area contributed by atoms with Crippen LogP contribution in [0.15, 0.2) is 66.7 Å². The van der Waals surface area contributed by atoms with Crippen molar-refractivity contribution >= 4 is 23.2 Å². The third-order valence-corrected chi connectivity index (χ3v) is 5.77. The minimum atomic E-state index is -0.0858. The predicted molar refractivity (Wildman–Crippen MR) is 144 cm³/mol. The van der Waals surface area contributed by atoms with E-state index in [1.54, 1.807) is 24.3 Å². The molecule has 0 aliphatic rings. The normalized spacial score (nSPS) is 11.4. The van der Waals surface area contributed by atoms with Crippen molar-refractivity contribution in [2.45, 2.75) is 46.3 Å². The highest BCUT2D eigenvalue weighted by atomic mass is 35.5. The zero-order valence-corrected chi connectivity index (χ0v) is 22.0. The van der Waals surface area contributed by atoms with Crippen molar-refractivity contribution in [3.63, 3.8) is 0 Å². The van der Waals surface area contributed by atoms with Gasteiger partial charge in [-0.3, -0.25) is 9.69 Å². The summed E-state index contributed by atoms with van der Waals surface area (Å²) in [7, 11) is 1.91. The summed E-state index contributed by atoms with van der Waals surface area (Å²) in [4.78, 5) is 14.3. The fraction of sp³-hybridized carbons (Fsp3) is 0.345. The Labute approximate surface area is 214 Å². The van der Waals surface area contributed by atoms with Crippen LogP contribution in [0, 0.1) is 0 Å². The first-order chi connectivity index (χ1) is 16.6. The van der Waals surface area contributed by atoms with Crippen molar-refractivity contribution in [3.05, 3.63) is 88.4 Å². The molecule has 0 saturated heterocycles. The molecule has 186 valence electrons. The lowest BCUT2D eigenvalue weighted by Crippen LogP contribution is -2.29.